The van der Waals surface area contributed by atoms with Gasteiger partial charge in [-0.05, 0) is 36.4 Å². The largest absolute Gasteiger partial charge is 0.278 e. The highest BCUT2D eigenvalue weighted by Crippen LogP contribution is 2.27. The summed E-state index contributed by atoms with van der Waals surface area (Å²) in [6.45, 7) is 0. The lowest BCUT2D eigenvalue weighted by Crippen LogP contribution is -2.14. The molecule has 27 heavy (non-hydrogen) atoms. The number of fused-ring (bicyclic) bond motifs is 1. The summed E-state index contributed by atoms with van der Waals surface area (Å²) in [4.78, 5) is 8.36. The van der Waals surface area contributed by atoms with Crippen molar-refractivity contribution >= 4 is 37.3 Å². The summed E-state index contributed by atoms with van der Waals surface area (Å²) in [5, 5.41) is 0. The van der Waals surface area contributed by atoms with Crippen molar-refractivity contribution in [3.63, 3.8) is 0 Å². The molecule has 132 valence electrons. The number of hydrogen-bond acceptors (Lipinski definition) is 5. The van der Waals surface area contributed by atoms with Gasteiger partial charge < -0.3 is 0 Å². The van der Waals surface area contributed by atoms with Gasteiger partial charge in [-0.2, -0.15) is 0 Å². The second kappa shape index (κ2) is 7.19. The third-order valence-corrected chi connectivity index (χ3v) is 5.98. The van der Waals surface area contributed by atoms with E-state index in [1.165, 1.54) is 11.3 Å². The summed E-state index contributed by atoms with van der Waals surface area (Å²) in [6, 6.07) is 15.8. The van der Waals surface area contributed by atoms with Gasteiger partial charge in [0.25, 0.3) is 10.0 Å². The number of nitrogens with zero attached hydrogens (tertiary/aromatic N) is 2. The van der Waals surface area contributed by atoms with Crippen LogP contribution in [0, 0.1) is 11.8 Å². The van der Waals surface area contributed by atoms with Crippen molar-refractivity contribution in [1.82, 2.24) is 9.97 Å². The first-order valence-electron chi connectivity index (χ1n) is 7.99. The molecule has 1 N–H and O–H groups in total. The summed E-state index contributed by atoms with van der Waals surface area (Å²) in [7, 11) is -3.80. The van der Waals surface area contributed by atoms with Gasteiger partial charge in [0.2, 0.25) is 0 Å². The van der Waals surface area contributed by atoms with Crippen LogP contribution < -0.4 is 4.72 Å². The molecule has 0 radical (unpaired) electrons. The Bertz CT molecular complexity index is 1270. The van der Waals surface area contributed by atoms with Crippen LogP contribution in [0.3, 0.4) is 0 Å². The molecule has 2 aromatic heterocycles. The molecule has 0 saturated carbocycles. The minimum absolute atomic E-state index is 0.149. The Labute approximate surface area is 160 Å². The maximum Gasteiger partial charge on any atom is 0.264 e. The van der Waals surface area contributed by atoms with Crippen LogP contribution in [0.2, 0.25) is 0 Å². The lowest BCUT2D eigenvalue weighted by Gasteiger charge is -2.10. The average molecular weight is 391 g/mol. The van der Waals surface area contributed by atoms with Gasteiger partial charge in [0.1, 0.15) is 10.4 Å². The molecule has 7 heteroatoms. The fraction of sp³-hybridized carbons (Fsp3) is 0. The quantitative estimate of drug-likeness (QED) is 0.538. The van der Waals surface area contributed by atoms with E-state index in [1.807, 2.05) is 18.2 Å². The Balaban J connectivity index is 1.71. The lowest BCUT2D eigenvalue weighted by atomic mass is 10.2. The highest BCUT2D eigenvalue weighted by atomic mass is 32.2. The molecule has 0 amide bonds. The van der Waals surface area contributed by atoms with E-state index < -0.39 is 10.0 Å². The number of thiazole rings is 1. The van der Waals surface area contributed by atoms with Gasteiger partial charge in [-0.1, -0.05) is 30.0 Å². The van der Waals surface area contributed by atoms with Crippen LogP contribution in [0.5, 0.6) is 0 Å². The predicted octanol–water partition coefficient (Wildman–Crippen LogP) is 3.89. The molecule has 4 rings (SSSR count). The number of anilines is 1. The van der Waals surface area contributed by atoms with Gasteiger partial charge in [0.05, 0.1) is 15.9 Å². The van der Waals surface area contributed by atoms with Crippen molar-refractivity contribution in [2.24, 2.45) is 0 Å². The lowest BCUT2D eigenvalue weighted by molar-refractivity contribution is 0.602. The first-order valence-corrected chi connectivity index (χ1v) is 10.4. The van der Waals surface area contributed by atoms with Crippen LogP contribution >= 0.6 is 11.3 Å². The van der Waals surface area contributed by atoms with Crippen LogP contribution in [0.4, 0.5) is 5.69 Å². The molecule has 0 unspecified atom stereocenters. The molecular weight excluding hydrogens is 378 g/mol. The van der Waals surface area contributed by atoms with E-state index in [-0.39, 0.29) is 4.90 Å². The first-order chi connectivity index (χ1) is 13.1. The number of pyridine rings is 1. The van der Waals surface area contributed by atoms with Gasteiger partial charge >= 0.3 is 0 Å². The molecule has 0 aliphatic rings. The highest BCUT2D eigenvalue weighted by Gasteiger charge is 2.19. The number of para-hydroxylation sites is 2. The summed E-state index contributed by atoms with van der Waals surface area (Å²) < 4.78 is 29.3. The van der Waals surface area contributed by atoms with Gasteiger partial charge in [-0.25, -0.2) is 13.4 Å². The summed E-state index contributed by atoms with van der Waals surface area (Å²) in [5.74, 6) is 6.00. The van der Waals surface area contributed by atoms with E-state index in [2.05, 4.69) is 26.5 Å². The molecule has 5 nitrogen and oxygen atoms in total. The van der Waals surface area contributed by atoms with Gasteiger partial charge in [-0.3, -0.25) is 9.71 Å². The highest BCUT2D eigenvalue weighted by molar-refractivity contribution is 7.93. The van der Waals surface area contributed by atoms with E-state index in [1.54, 1.807) is 54.3 Å². The summed E-state index contributed by atoms with van der Waals surface area (Å²) in [6.07, 6.45) is 3.33. The monoisotopic (exact) mass is 391 g/mol. The standard InChI is InChI=1S/C20H13N3O2S2/c24-27(25,19-9-3-8-18-20(19)22-14-26-18)23-17-7-2-1-6-16(17)11-10-15-5-4-12-21-13-15/h1-9,12-14,23H. The zero-order valence-corrected chi connectivity index (χ0v) is 15.6. The van der Waals surface area contributed by atoms with E-state index in [9.17, 15) is 8.42 Å². The Morgan fingerprint density at radius 1 is 0.963 bits per heavy atom. The summed E-state index contributed by atoms with van der Waals surface area (Å²) in [5.41, 5.74) is 3.85. The molecule has 4 aromatic rings. The maximum absolute atomic E-state index is 12.9. The minimum atomic E-state index is -3.80. The molecule has 0 bridgehead atoms. The Morgan fingerprint density at radius 3 is 2.70 bits per heavy atom. The van der Waals surface area contributed by atoms with E-state index in [0.717, 1.165) is 10.3 Å². The Kier molecular flexibility index (Phi) is 4.59. The van der Waals surface area contributed by atoms with Crippen molar-refractivity contribution in [2.45, 2.75) is 4.90 Å². The average Bonchev–Trinajstić information content (AvgIpc) is 3.16. The summed E-state index contributed by atoms with van der Waals surface area (Å²) >= 11 is 1.40. The fourth-order valence-corrected chi connectivity index (χ4v) is 4.55. The molecule has 0 atom stereocenters. The molecule has 0 saturated heterocycles. The first kappa shape index (κ1) is 17.2. The van der Waals surface area contributed by atoms with Crippen molar-refractivity contribution in [2.75, 3.05) is 4.72 Å². The zero-order chi connectivity index (χ0) is 18.7. The normalized spacial score (nSPS) is 11.0. The fourth-order valence-electron chi connectivity index (χ4n) is 2.53. The number of benzene rings is 2. The second-order valence-electron chi connectivity index (χ2n) is 5.60. The molecule has 0 fully saturated rings. The number of aromatic nitrogens is 2. The van der Waals surface area contributed by atoms with Gasteiger partial charge in [-0.15, -0.1) is 11.3 Å². The Morgan fingerprint density at radius 2 is 1.85 bits per heavy atom. The minimum Gasteiger partial charge on any atom is -0.278 e. The van der Waals surface area contributed by atoms with Crippen LogP contribution in [0.25, 0.3) is 10.2 Å². The maximum atomic E-state index is 12.9. The van der Waals surface area contributed by atoms with Crippen LogP contribution in [-0.4, -0.2) is 18.4 Å². The van der Waals surface area contributed by atoms with Crippen molar-refractivity contribution in [3.8, 4) is 11.8 Å². The molecule has 0 aliphatic heterocycles. The van der Waals surface area contributed by atoms with Crippen molar-refractivity contribution < 1.29 is 8.42 Å². The Hall–Kier alpha value is -3.21. The van der Waals surface area contributed by atoms with Gasteiger partial charge in [0, 0.05) is 23.5 Å². The molecule has 2 aromatic carbocycles. The third-order valence-electron chi connectivity index (χ3n) is 3.79. The number of sulfonamides is 1. The van der Waals surface area contributed by atoms with E-state index in [0.29, 0.717) is 16.8 Å². The predicted molar refractivity (Wildman–Crippen MR) is 107 cm³/mol. The van der Waals surface area contributed by atoms with Gasteiger partial charge in [0.15, 0.2) is 0 Å². The van der Waals surface area contributed by atoms with Crippen molar-refractivity contribution in [3.05, 3.63) is 83.6 Å². The molecule has 0 aliphatic carbocycles. The van der Waals surface area contributed by atoms with Crippen LogP contribution in [-0.2, 0) is 10.0 Å². The smallest absolute Gasteiger partial charge is 0.264 e. The topological polar surface area (TPSA) is 72.0 Å². The van der Waals surface area contributed by atoms with E-state index >= 15 is 0 Å². The molecule has 0 spiro atoms. The molecular formula is C20H13N3O2S2. The zero-order valence-electron chi connectivity index (χ0n) is 14.0. The van der Waals surface area contributed by atoms with E-state index in [4.69, 9.17) is 0 Å². The number of rotatable bonds is 3. The number of hydrogen-bond donors (Lipinski definition) is 1. The van der Waals surface area contributed by atoms with Crippen LogP contribution in [0.15, 0.2) is 77.4 Å². The van der Waals surface area contributed by atoms with Crippen LogP contribution in [0.1, 0.15) is 11.1 Å². The second-order valence-corrected chi connectivity index (χ2v) is 8.14. The van der Waals surface area contributed by atoms with Crippen molar-refractivity contribution in [1.29, 1.82) is 0 Å². The SMILES string of the molecule is O=S(=O)(Nc1ccccc1C#Cc1cccnc1)c1cccc2scnc12. The number of nitrogens with one attached hydrogen (secondary N) is 1. The third kappa shape index (κ3) is 3.67. The molecule has 2 heterocycles.